The van der Waals surface area contributed by atoms with Crippen molar-refractivity contribution >= 4 is 5.97 Å². The van der Waals surface area contributed by atoms with Crippen LogP contribution >= 0.6 is 0 Å². The average molecular weight is 827 g/mol. The van der Waals surface area contributed by atoms with Crippen LogP contribution in [0.2, 0.25) is 0 Å². The molecule has 0 fully saturated rings. The third-order valence-electron chi connectivity index (χ3n) is 6.61. The molecule has 0 aliphatic rings. The summed E-state index contributed by atoms with van der Waals surface area (Å²) in [6.07, 6.45) is -0.278. The predicted octanol–water partition coefficient (Wildman–Crippen LogP) is 3.30. The maximum Gasteiger partial charge on any atom is 0.313 e. The minimum Gasteiger partial charge on any atom is -0.420 e. The molecule has 20 heteroatoms. The molecule has 0 heterocycles. The molecule has 0 atom stereocenters. The molecular weight excluding hydrogens is 767 g/mol. The first-order valence-electron chi connectivity index (χ1n) is 18.5. The molecule has 0 aliphatic carbocycles. The third kappa shape index (κ3) is 29.1. The molecule has 0 saturated carbocycles. The van der Waals surface area contributed by atoms with Crippen molar-refractivity contribution < 1.29 is 93.1 Å². The molecule has 0 aromatic heterocycles. The second kappa shape index (κ2) is 37.1. The van der Waals surface area contributed by atoms with Crippen LogP contribution in [0.25, 0.3) is 0 Å². The van der Waals surface area contributed by atoms with Crippen LogP contribution in [-0.2, 0) is 66.4 Å². The molecule has 0 aliphatic heterocycles. The Kier molecular flexibility index (Phi) is 34.4. The van der Waals surface area contributed by atoms with Crippen LogP contribution < -0.4 is 4.74 Å². The average Bonchev–Trinajstić information content (AvgIpc) is 3.18. The number of carbonyl (C=O) groups is 1. The third-order valence-corrected chi connectivity index (χ3v) is 6.61. The topological polar surface area (TPSA) is 146 Å². The van der Waals surface area contributed by atoms with Crippen molar-refractivity contribution in [2.75, 3.05) is 165 Å². The largest absolute Gasteiger partial charge is 0.420 e. The van der Waals surface area contributed by atoms with E-state index in [2.05, 4.69) is 4.74 Å². The van der Waals surface area contributed by atoms with Crippen molar-refractivity contribution in [1.82, 2.24) is 0 Å². The van der Waals surface area contributed by atoms with Gasteiger partial charge >= 0.3 is 5.97 Å². The van der Waals surface area contributed by atoms with E-state index in [0.717, 1.165) is 0 Å². The quantitative estimate of drug-likeness (QED) is 0.0238. The molecule has 0 radical (unpaired) electrons. The van der Waals surface area contributed by atoms with Gasteiger partial charge in [-0.15, -0.1) is 0 Å². The van der Waals surface area contributed by atoms with E-state index in [0.29, 0.717) is 139 Å². The van der Waals surface area contributed by atoms with Gasteiger partial charge in [0.25, 0.3) is 0 Å². The molecule has 328 valence electrons. The highest BCUT2D eigenvalue weighted by Crippen LogP contribution is 2.29. The van der Waals surface area contributed by atoms with Crippen molar-refractivity contribution in [2.45, 2.75) is 26.4 Å². The van der Waals surface area contributed by atoms with E-state index in [9.17, 15) is 26.7 Å². The van der Waals surface area contributed by atoms with E-state index in [1.165, 1.54) is 0 Å². The zero-order chi connectivity index (χ0) is 40.9. The van der Waals surface area contributed by atoms with Gasteiger partial charge in [0.1, 0.15) is 0 Å². The normalized spacial score (nSPS) is 11.6. The summed E-state index contributed by atoms with van der Waals surface area (Å²) in [4.78, 5) is 11.7. The molecule has 0 amide bonds. The molecule has 1 rings (SSSR count). The van der Waals surface area contributed by atoms with Crippen molar-refractivity contribution in [3.63, 3.8) is 0 Å². The molecule has 56 heavy (non-hydrogen) atoms. The van der Waals surface area contributed by atoms with E-state index < -0.39 is 47.2 Å². The Hall–Kier alpha value is -2.18. The minimum atomic E-state index is -2.35. The fourth-order valence-corrected chi connectivity index (χ4v) is 3.86. The minimum absolute atomic E-state index is 0.0781. The van der Waals surface area contributed by atoms with E-state index in [1.54, 1.807) is 0 Å². The fraction of sp³-hybridized carbons (Fsp3) is 0.806. The Morgan fingerprint density at radius 1 is 0.357 bits per heavy atom. The zero-order valence-corrected chi connectivity index (χ0v) is 32.5. The van der Waals surface area contributed by atoms with Gasteiger partial charge in [0.15, 0.2) is 0 Å². The Morgan fingerprint density at radius 3 is 0.821 bits per heavy atom. The van der Waals surface area contributed by atoms with Gasteiger partial charge in [0, 0.05) is 0 Å². The molecule has 15 nitrogen and oxygen atoms in total. The van der Waals surface area contributed by atoms with Crippen LogP contribution in [0.15, 0.2) is 0 Å². The molecule has 1 aromatic rings. The van der Waals surface area contributed by atoms with Gasteiger partial charge in [-0.1, -0.05) is 0 Å². The summed E-state index contributed by atoms with van der Waals surface area (Å²) in [5, 5.41) is 0. The van der Waals surface area contributed by atoms with Crippen LogP contribution in [0.5, 0.6) is 5.75 Å². The van der Waals surface area contributed by atoms with Gasteiger partial charge in [-0.3, -0.25) is 4.79 Å². The van der Waals surface area contributed by atoms with Crippen molar-refractivity contribution in [3.8, 4) is 5.75 Å². The van der Waals surface area contributed by atoms with Gasteiger partial charge < -0.3 is 66.3 Å². The van der Waals surface area contributed by atoms with Gasteiger partial charge in [-0.05, 0) is 13.8 Å². The van der Waals surface area contributed by atoms with Gasteiger partial charge in [0.2, 0.25) is 34.8 Å². The lowest BCUT2D eigenvalue weighted by molar-refractivity contribution is -0.136. The molecule has 0 bridgehead atoms. The van der Waals surface area contributed by atoms with Gasteiger partial charge in [-0.2, -0.15) is 8.78 Å². The summed E-state index contributed by atoms with van der Waals surface area (Å²) in [5.41, 5.74) is 0. The number of rotatable bonds is 41. The van der Waals surface area contributed by atoms with E-state index in [1.807, 2.05) is 13.8 Å². The number of hydrogen-bond acceptors (Lipinski definition) is 15. The first kappa shape index (κ1) is 51.8. The summed E-state index contributed by atoms with van der Waals surface area (Å²) in [7, 11) is 0. The number of hydrogen-bond donors (Lipinski definition) is 0. The highest BCUT2D eigenvalue weighted by Gasteiger charge is 2.28. The summed E-state index contributed by atoms with van der Waals surface area (Å²) in [6.45, 7) is 13.9. The first-order chi connectivity index (χ1) is 27.3. The van der Waals surface area contributed by atoms with E-state index >= 15 is 0 Å². The number of carbonyl (C=O) groups excluding carboxylic acids is 1. The molecule has 1 aromatic carbocycles. The molecule has 0 saturated heterocycles. The fourth-order valence-electron chi connectivity index (χ4n) is 3.86. The Morgan fingerprint density at radius 2 is 0.571 bits per heavy atom. The highest BCUT2D eigenvalue weighted by molar-refractivity contribution is 5.72. The summed E-state index contributed by atoms with van der Waals surface area (Å²) in [6, 6.07) is 0. The van der Waals surface area contributed by atoms with E-state index in [4.69, 9.17) is 61.6 Å². The van der Waals surface area contributed by atoms with Crippen LogP contribution in [-0.4, -0.2) is 177 Å². The second-order valence-electron chi connectivity index (χ2n) is 11.4. The zero-order valence-electron chi connectivity index (χ0n) is 32.5. The molecule has 0 N–H and O–H groups in total. The SMILES string of the molecule is CC(C)OCCOCCOCCOCCOCCOCCOCCOCCOCCOCCOCCOCCOCCC(=O)Oc1c(F)c(F)c(F)c(F)c1F. The van der Waals surface area contributed by atoms with Crippen molar-refractivity contribution in [2.24, 2.45) is 0 Å². The number of benzene rings is 1. The van der Waals surface area contributed by atoms with Crippen LogP contribution in [0.3, 0.4) is 0 Å². The molecular formula is C36H59F5O15. The Labute approximate surface area is 325 Å². The number of esters is 1. The Bertz CT molecular complexity index is 1060. The van der Waals surface area contributed by atoms with Crippen molar-refractivity contribution in [3.05, 3.63) is 29.1 Å². The maximum atomic E-state index is 13.6. The lowest BCUT2D eigenvalue weighted by atomic mass is 10.2. The number of halogens is 5. The standard InChI is InChI=1S/C36H59F5O15/c1-29(2)55-28-27-54-26-25-53-24-23-52-22-21-51-20-19-50-18-17-49-16-15-48-14-13-47-12-11-46-10-9-45-8-7-44-6-5-43-4-3-30(42)56-36-34(40)32(38)31(37)33(39)35(36)41/h29H,3-28H2,1-2H3. The smallest absolute Gasteiger partial charge is 0.313 e. The maximum absolute atomic E-state index is 13.6. The lowest BCUT2D eigenvalue weighted by Crippen LogP contribution is -2.16. The van der Waals surface area contributed by atoms with Crippen LogP contribution in [0.1, 0.15) is 20.3 Å². The van der Waals surface area contributed by atoms with Crippen LogP contribution in [0.4, 0.5) is 22.0 Å². The predicted molar refractivity (Wildman–Crippen MR) is 187 cm³/mol. The summed E-state index contributed by atoms with van der Waals surface area (Å²) < 4.78 is 141. The van der Waals surface area contributed by atoms with Crippen LogP contribution in [0, 0.1) is 29.1 Å². The van der Waals surface area contributed by atoms with Crippen molar-refractivity contribution in [1.29, 1.82) is 0 Å². The lowest BCUT2D eigenvalue weighted by Gasteiger charge is -2.09. The van der Waals surface area contributed by atoms with Gasteiger partial charge in [-0.25, -0.2) is 13.2 Å². The summed E-state index contributed by atoms with van der Waals surface area (Å²) >= 11 is 0. The second-order valence-corrected chi connectivity index (χ2v) is 11.4. The molecule has 0 spiro atoms. The molecule has 0 unspecified atom stereocenters. The first-order valence-corrected chi connectivity index (χ1v) is 18.5. The van der Waals surface area contributed by atoms with Gasteiger partial charge in [0.05, 0.1) is 178 Å². The van der Waals surface area contributed by atoms with E-state index in [-0.39, 0.29) is 32.5 Å². The summed E-state index contributed by atoms with van der Waals surface area (Å²) in [5.74, 6) is -14.1. The monoisotopic (exact) mass is 826 g/mol. The number of ether oxygens (including phenoxy) is 14. The Balaban J connectivity index is 1.71. The highest BCUT2D eigenvalue weighted by atomic mass is 19.2.